The van der Waals surface area contributed by atoms with Crippen molar-refractivity contribution < 1.29 is 18.8 Å². The summed E-state index contributed by atoms with van der Waals surface area (Å²) in [6.45, 7) is 0.101. The average molecular weight is 341 g/mol. The van der Waals surface area contributed by atoms with Crippen molar-refractivity contribution in [3.05, 3.63) is 65.0 Å². The van der Waals surface area contributed by atoms with Crippen LogP contribution in [-0.2, 0) is 6.54 Å². The molecule has 3 rings (SSSR count). The number of anilines is 1. The molecule has 0 fully saturated rings. The maximum Gasteiger partial charge on any atom is 0.321 e. The Morgan fingerprint density at radius 1 is 1.12 bits per heavy atom. The molecule has 0 aliphatic carbocycles. The second-order valence-corrected chi connectivity index (χ2v) is 5.81. The number of fused-ring (bicyclic) bond motifs is 1. The van der Waals surface area contributed by atoms with Crippen molar-refractivity contribution in [2.75, 3.05) is 19.4 Å². The molecule has 1 aliphatic rings. The van der Waals surface area contributed by atoms with E-state index in [2.05, 4.69) is 5.32 Å². The molecule has 0 saturated heterocycles. The van der Waals surface area contributed by atoms with Crippen LogP contribution in [0.5, 0.6) is 0 Å². The van der Waals surface area contributed by atoms with Crippen molar-refractivity contribution in [3.63, 3.8) is 0 Å². The zero-order valence-electron chi connectivity index (χ0n) is 13.7. The minimum absolute atomic E-state index is 0.101. The fourth-order valence-electron chi connectivity index (χ4n) is 2.61. The highest BCUT2D eigenvalue weighted by atomic mass is 19.1. The number of imide groups is 1. The van der Waals surface area contributed by atoms with Gasteiger partial charge in [-0.2, -0.15) is 0 Å². The van der Waals surface area contributed by atoms with E-state index in [0.717, 1.165) is 4.90 Å². The van der Waals surface area contributed by atoms with Gasteiger partial charge in [-0.15, -0.1) is 0 Å². The highest BCUT2D eigenvalue weighted by molar-refractivity contribution is 6.21. The third kappa shape index (κ3) is 3.08. The van der Waals surface area contributed by atoms with Crippen LogP contribution >= 0.6 is 0 Å². The number of hydrogen-bond acceptors (Lipinski definition) is 3. The van der Waals surface area contributed by atoms with E-state index in [4.69, 9.17) is 0 Å². The van der Waals surface area contributed by atoms with E-state index in [1.807, 2.05) is 0 Å². The van der Waals surface area contributed by atoms with E-state index in [0.29, 0.717) is 16.8 Å². The molecule has 0 aromatic heterocycles. The summed E-state index contributed by atoms with van der Waals surface area (Å²) in [5.41, 5.74) is 1.35. The lowest BCUT2D eigenvalue weighted by molar-refractivity contribution is 0.0693. The van der Waals surface area contributed by atoms with Crippen LogP contribution < -0.4 is 5.32 Å². The van der Waals surface area contributed by atoms with Gasteiger partial charge in [0.25, 0.3) is 11.8 Å². The molecule has 7 heteroatoms. The molecule has 1 aliphatic heterocycles. The fraction of sp³-hybridized carbons (Fsp3) is 0.167. The summed E-state index contributed by atoms with van der Waals surface area (Å²) in [5.74, 6) is -1.16. The molecule has 2 aromatic carbocycles. The number of carbonyl (C=O) groups is 3. The minimum Gasteiger partial charge on any atom is -0.323 e. The number of halogens is 1. The van der Waals surface area contributed by atoms with Gasteiger partial charge in [-0.3, -0.25) is 14.5 Å². The lowest BCUT2D eigenvalue weighted by Crippen LogP contribution is -2.31. The quantitative estimate of drug-likeness (QED) is 0.873. The standard InChI is InChI=1S/C18H16FN3O3/c1-21(10-11-5-3-4-6-15(11)19)18(25)20-12-7-8-13-14(9-12)17(24)22(2)16(13)23/h3-9H,10H2,1-2H3,(H,20,25). The van der Waals surface area contributed by atoms with Crippen molar-refractivity contribution >= 4 is 23.5 Å². The van der Waals surface area contributed by atoms with Crippen LogP contribution in [0.15, 0.2) is 42.5 Å². The van der Waals surface area contributed by atoms with Gasteiger partial charge in [0.15, 0.2) is 0 Å². The van der Waals surface area contributed by atoms with Crippen LogP contribution in [0.3, 0.4) is 0 Å². The third-order valence-electron chi connectivity index (χ3n) is 4.05. The molecule has 0 saturated carbocycles. The first-order chi connectivity index (χ1) is 11.9. The summed E-state index contributed by atoms with van der Waals surface area (Å²) in [6.07, 6.45) is 0. The van der Waals surface area contributed by atoms with Gasteiger partial charge in [0.2, 0.25) is 0 Å². The Kier molecular flexibility index (Phi) is 4.22. The molecule has 2 aromatic rings. The molecule has 0 spiro atoms. The van der Waals surface area contributed by atoms with Crippen LogP contribution in [0.4, 0.5) is 14.9 Å². The molecule has 0 atom stereocenters. The Bertz CT molecular complexity index is 882. The van der Waals surface area contributed by atoms with E-state index in [-0.39, 0.29) is 23.8 Å². The van der Waals surface area contributed by atoms with Gasteiger partial charge < -0.3 is 10.2 Å². The highest BCUT2D eigenvalue weighted by Gasteiger charge is 2.32. The van der Waals surface area contributed by atoms with Crippen LogP contribution in [0.1, 0.15) is 26.3 Å². The van der Waals surface area contributed by atoms with E-state index in [9.17, 15) is 18.8 Å². The Hall–Kier alpha value is -3.22. The molecular formula is C18H16FN3O3. The predicted molar refractivity (Wildman–Crippen MR) is 89.8 cm³/mol. The van der Waals surface area contributed by atoms with E-state index < -0.39 is 11.9 Å². The number of rotatable bonds is 3. The Balaban J connectivity index is 1.73. The first kappa shape index (κ1) is 16.6. The molecule has 1 N–H and O–H groups in total. The van der Waals surface area contributed by atoms with Crippen LogP contribution in [0.2, 0.25) is 0 Å². The van der Waals surface area contributed by atoms with Crippen molar-refractivity contribution in [2.24, 2.45) is 0 Å². The smallest absolute Gasteiger partial charge is 0.321 e. The second-order valence-electron chi connectivity index (χ2n) is 5.81. The zero-order valence-corrected chi connectivity index (χ0v) is 13.7. The van der Waals surface area contributed by atoms with Gasteiger partial charge in [0.1, 0.15) is 5.82 Å². The van der Waals surface area contributed by atoms with Gasteiger partial charge in [-0.05, 0) is 24.3 Å². The topological polar surface area (TPSA) is 69.7 Å². The maximum atomic E-state index is 13.7. The molecule has 0 unspecified atom stereocenters. The predicted octanol–water partition coefficient (Wildman–Crippen LogP) is 2.72. The normalized spacial score (nSPS) is 13.0. The van der Waals surface area contributed by atoms with E-state index in [1.54, 1.807) is 24.3 Å². The molecule has 0 bridgehead atoms. The number of nitrogens with one attached hydrogen (secondary N) is 1. The van der Waals surface area contributed by atoms with Crippen molar-refractivity contribution in [2.45, 2.75) is 6.54 Å². The van der Waals surface area contributed by atoms with Gasteiger partial charge in [-0.1, -0.05) is 18.2 Å². The fourth-order valence-corrected chi connectivity index (χ4v) is 2.61. The van der Waals surface area contributed by atoms with Gasteiger partial charge in [-0.25, -0.2) is 9.18 Å². The van der Waals surface area contributed by atoms with Crippen molar-refractivity contribution in [1.29, 1.82) is 0 Å². The molecular weight excluding hydrogens is 325 g/mol. The molecule has 1 heterocycles. The van der Waals surface area contributed by atoms with Crippen LogP contribution in [0.25, 0.3) is 0 Å². The first-order valence-electron chi connectivity index (χ1n) is 7.60. The number of hydrogen-bond donors (Lipinski definition) is 1. The number of nitrogens with zero attached hydrogens (tertiary/aromatic N) is 2. The lowest BCUT2D eigenvalue weighted by atomic mass is 10.1. The van der Waals surface area contributed by atoms with Gasteiger partial charge in [0.05, 0.1) is 11.1 Å². The van der Waals surface area contributed by atoms with E-state index >= 15 is 0 Å². The van der Waals surface area contributed by atoms with Crippen LogP contribution in [-0.4, -0.2) is 41.7 Å². The maximum absolute atomic E-state index is 13.7. The summed E-state index contributed by atoms with van der Waals surface area (Å²) in [7, 11) is 2.95. The SMILES string of the molecule is CN(Cc1ccccc1F)C(=O)Nc1ccc2c(c1)C(=O)N(C)C2=O. The highest BCUT2D eigenvalue weighted by Crippen LogP contribution is 2.25. The average Bonchev–Trinajstić information content (AvgIpc) is 2.81. The number of carbonyl (C=O) groups excluding carboxylic acids is 3. The Labute approximate surface area is 143 Å². The monoisotopic (exact) mass is 341 g/mol. The largest absolute Gasteiger partial charge is 0.323 e. The molecule has 0 radical (unpaired) electrons. The van der Waals surface area contributed by atoms with Crippen molar-refractivity contribution in [1.82, 2.24) is 9.80 Å². The molecule has 6 nitrogen and oxygen atoms in total. The number of benzene rings is 2. The lowest BCUT2D eigenvalue weighted by Gasteiger charge is -2.18. The van der Waals surface area contributed by atoms with Crippen molar-refractivity contribution in [3.8, 4) is 0 Å². The minimum atomic E-state index is -0.451. The summed E-state index contributed by atoms with van der Waals surface area (Å²) < 4.78 is 13.7. The first-order valence-corrected chi connectivity index (χ1v) is 7.60. The molecule has 128 valence electrons. The summed E-state index contributed by atoms with van der Waals surface area (Å²) in [6, 6.07) is 10.3. The zero-order chi connectivity index (χ0) is 18.1. The number of amides is 4. The Morgan fingerprint density at radius 2 is 1.80 bits per heavy atom. The summed E-state index contributed by atoms with van der Waals surface area (Å²) in [4.78, 5) is 38.5. The van der Waals surface area contributed by atoms with Crippen LogP contribution in [0, 0.1) is 5.82 Å². The third-order valence-corrected chi connectivity index (χ3v) is 4.05. The molecule has 25 heavy (non-hydrogen) atoms. The van der Waals surface area contributed by atoms with Gasteiger partial charge in [0, 0.05) is 31.9 Å². The van der Waals surface area contributed by atoms with E-state index in [1.165, 1.54) is 37.2 Å². The van der Waals surface area contributed by atoms with Gasteiger partial charge >= 0.3 is 6.03 Å². The Morgan fingerprint density at radius 3 is 2.52 bits per heavy atom. The summed E-state index contributed by atoms with van der Waals surface area (Å²) in [5, 5.41) is 2.64. The summed E-state index contributed by atoms with van der Waals surface area (Å²) >= 11 is 0. The molecule has 4 amide bonds. The number of urea groups is 1. The second kappa shape index (κ2) is 6.35.